The van der Waals surface area contributed by atoms with Crippen LogP contribution in [0.2, 0.25) is 0 Å². The molecule has 0 spiro atoms. The zero-order valence-electron chi connectivity index (χ0n) is 12.9. The maximum absolute atomic E-state index is 5.43. The molecule has 120 valence electrons. The maximum Gasteiger partial charge on any atom is 0.0965 e. The number of nitrogens with two attached hydrogens (primary N) is 1. The van der Waals surface area contributed by atoms with E-state index in [4.69, 9.17) is 15.2 Å². The Morgan fingerprint density at radius 1 is 0.950 bits per heavy atom. The summed E-state index contributed by atoms with van der Waals surface area (Å²) in [6.07, 6.45) is 0.917. The van der Waals surface area contributed by atoms with Crippen molar-refractivity contribution in [1.82, 2.24) is 16.0 Å². The maximum atomic E-state index is 5.43. The molecule has 20 heavy (non-hydrogen) atoms. The van der Waals surface area contributed by atoms with Crippen LogP contribution in [0.5, 0.6) is 0 Å². The Bertz CT molecular complexity index is 215. The molecule has 6 nitrogen and oxygen atoms in total. The Kier molecular flexibility index (Phi) is 16.1. The zero-order valence-corrected chi connectivity index (χ0v) is 12.9. The van der Waals surface area contributed by atoms with Gasteiger partial charge in [0.25, 0.3) is 0 Å². The van der Waals surface area contributed by atoms with Gasteiger partial charge in [-0.15, -0.1) is 0 Å². The van der Waals surface area contributed by atoms with Gasteiger partial charge in [-0.05, 0) is 13.3 Å². The number of nitrogens with one attached hydrogen (secondary N) is 3. The zero-order chi connectivity index (χ0) is 14.9. The van der Waals surface area contributed by atoms with Crippen LogP contribution in [0.1, 0.15) is 13.3 Å². The summed E-state index contributed by atoms with van der Waals surface area (Å²) in [4.78, 5) is 0. The fourth-order valence-corrected chi connectivity index (χ4v) is 1.43. The van der Waals surface area contributed by atoms with E-state index in [0.29, 0.717) is 19.9 Å². The molecule has 5 N–H and O–H groups in total. The van der Waals surface area contributed by atoms with Crippen LogP contribution < -0.4 is 21.7 Å². The van der Waals surface area contributed by atoms with E-state index in [1.54, 1.807) is 0 Å². The van der Waals surface area contributed by atoms with Crippen molar-refractivity contribution in [1.29, 1.82) is 0 Å². The summed E-state index contributed by atoms with van der Waals surface area (Å²) < 4.78 is 10.8. The lowest BCUT2D eigenvalue weighted by atomic mass is 10.4. The van der Waals surface area contributed by atoms with E-state index in [9.17, 15) is 0 Å². The van der Waals surface area contributed by atoms with Crippen LogP contribution >= 0.6 is 0 Å². The van der Waals surface area contributed by atoms with Crippen LogP contribution in [0.3, 0.4) is 0 Å². The molecule has 0 aliphatic rings. The molecule has 0 saturated carbocycles. The molecule has 0 saturated heterocycles. The summed E-state index contributed by atoms with van der Waals surface area (Å²) in [6.45, 7) is 13.8. The number of rotatable bonds is 16. The van der Waals surface area contributed by atoms with Crippen molar-refractivity contribution in [3.05, 3.63) is 12.2 Å². The van der Waals surface area contributed by atoms with E-state index in [-0.39, 0.29) is 0 Å². The second kappa shape index (κ2) is 16.6. The summed E-state index contributed by atoms with van der Waals surface area (Å²) in [5, 5.41) is 9.77. The molecule has 0 rings (SSSR count). The third kappa shape index (κ3) is 17.5. The smallest absolute Gasteiger partial charge is 0.0965 e. The minimum absolute atomic E-state index is 0.591. The van der Waals surface area contributed by atoms with Crippen molar-refractivity contribution in [3.8, 4) is 0 Å². The highest BCUT2D eigenvalue weighted by Gasteiger charge is 1.92. The molecular weight excluding hydrogens is 256 g/mol. The fourth-order valence-electron chi connectivity index (χ4n) is 1.43. The average Bonchev–Trinajstić information content (AvgIpc) is 2.43. The Morgan fingerprint density at radius 2 is 1.55 bits per heavy atom. The van der Waals surface area contributed by atoms with E-state index in [0.717, 1.165) is 57.9 Å². The summed E-state index contributed by atoms with van der Waals surface area (Å²) in [5.74, 6) is 0. The van der Waals surface area contributed by atoms with Gasteiger partial charge in [-0.25, -0.2) is 0 Å². The molecule has 6 heteroatoms. The van der Waals surface area contributed by atoms with Crippen molar-refractivity contribution in [2.75, 3.05) is 65.8 Å². The topological polar surface area (TPSA) is 80.6 Å². The molecule has 0 aromatic heterocycles. The highest BCUT2D eigenvalue weighted by atomic mass is 16.5. The van der Waals surface area contributed by atoms with Crippen LogP contribution in [-0.2, 0) is 9.47 Å². The number of ether oxygens (including phenoxy) is 2. The lowest BCUT2D eigenvalue weighted by Gasteiger charge is -2.08. The second-order valence-electron chi connectivity index (χ2n) is 4.70. The predicted molar refractivity (Wildman–Crippen MR) is 83.9 cm³/mol. The van der Waals surface area contributed by atoms with Gasteiger partial charge in [0.15, 0.2) is 0 Å². The van der Waals surface area contributed by atoms with E-state index in [2.05, 4.69) is 22.5 Å². The van der Waals surface area contributed by atoms with E-state index < -0.39 is 0 Å². The van der Waals surface area contributed by atoms with Crippen LogP contribution in [0.4, 0.5) is 0 Å². The van der Waals surface area contributed by atoms with Crippen LogP contribution in [0, 0.1) is 0 Å². The van der Waals surface area contributed by atoms with Crippen molar-refractivity contribution in [3.63, 3.8) is 0 Å². The molecule has 0 atom stereocenters. The van der Waals surface area contributed by atoms with Gasteiger partial charge in [0.05, 0.1) is 19.9 Å². The number of hydrogen-bond acceptors (Lipinski definition) is 6. The molecule has 0 aromatic carbocycles. The lowest BCUT2D eigenvalue weighted by Crippen LogP contribution is -2.34. The lowest BCUT2D eigenvalue weighted by molar-refractivity contribution is 0.0819. The van der Waals surface area contributed by atoms with Gasteiger partial charge in [-0.2, -0.15) is 0 Å². The van der Waals surface area contributed by atoms with Gasteiger partial charge in [0.1, 0.15) is 0 Å². The summed E-state index contributed by atoms with van der Waals surface area (Å²) in [7, 11) is 0. The molecule has 0 amide bonds. The molecule has 0 heterocycles. The number of hydrogen-bond donors (Lipinski definition) is 4. The third-order valence-electron chi connectivity index (χ3n) is 2.41. The van der Waals surface area contributed by atoms with Crippen molar-refractivity contribution in [2.24, 2.45) is 5.73 Å². The quantitative estimate of drug-likeness (QED) is 0.177. The Morgan fingerprint density at radius 3 is 2.20 bits per heavy atom. The van der Waals surface area contributed by atoms with Gasteiger partial charge in [-0.3, -0.25) is 5.32 Å². The van der Waals surface area contributed by atoms with Crippen molar-refractivity contribution in [2.45, 2.75) is 13.3 Å². The van der Waals surface area contributed by atoms with Crippen LogP contribution in [0.25, 0.3) is 0 Å². The van der Waals surface area contributed by atoms with Gasteiger partial charge >= 0.3 is 0 Å². The Hall–Kier alpha value is -0.500. The van der Waals surface area contributed by atoms with E-state index >= 15 is 0 Å². The monoisotopic (exact) mass is 288 g/mol. The second-order valence-corrected chi connectivity index (χ2v) is 4.70. The van der Waals surface area contributed by atoms with Gasteiger partial charge in [0, 0.05) is 45.9 Å². The molecule has 0 unspecified atom stereocenters. The Labute approximate surface area is 123 Å². The normalized spacial score (nSPS) is 10.9. The van der Waals surface area contributed by atoms with Gasteiger partial charge in [0.2, 0.25) is 0 Å². The third-order valence-corrected chi connectivity index (χ3v) is 2.41. The summed E-state index contributed by atoms with van der Waals surface area (Å²) in [5.41, 5.74) is 6.42. The van der Waals surface area contributed by atoms with E-state index in [1.807, 2.05) is 6.92 Å². The highest BCUT2D eigenvalue weighted by Crippen LogP contribution is 1.90. The van der Waals surface area contributed by atoms with E-state index in [1.165, 1.54) is 0 Å². The minimum Gasteiger partial charge on any atom is -0.377 e. The predicted octanol–water partition coefficient (Wildman–Crippen LogP) is -0.329. The highest BCUT2D eigenvalue weighted by molar-refractivity contribution is 4.87. The SMILES string of the molecule is C=C(C)COCCCOCNCCNCCNCCN. The molecular formula is C14H32N4O2. The molecule has 0 fully saturated rings. The van der Waals surface area contributed by atoms with Gasteiger partial charge < -0.3 is 25.8 Å². The Balaban J connectivity index is 2.94. The molecule has 0 aliphatic heterocycles. The summed E-state index contributed by atoms with van der Waals surface area (Å²) in [6, 6.07) is 0. The molecule has 0 aromatic rings. The largest absolute Gasteiger partial charge is 0.377 e. The summed E-state index contributed by atoms with van der Waals surface area (Å²) >= 11 is 0. The minimum atomic E-state index is 0.591. The standard InChI is InChI=1S/C14H32N4O2/c1-14(2)12-19-10-3-11-20-13-18-9-8-17-7-6-16-5-4-15/h16-18H,1,3-13,15H2,2H3. The van der Waals surface area contributed by atoms with Crippen molar-refractivity contribution >= 4 is 0 Å². The average molecular weight is 288 g/mol. The molecule has 0 radical (unpaired) electrons. The molecule has 0 bridgehead atoms. The van der Waals surface area contributed by atoms with Crippen molar-refractivity contribution < 1.29 is 9.47 Å². The first-order valence-corrected chi connectivity index (χ1v) is 7.39. The molecule has 0 aliphatic carbocycles. The first-order valence-electron chi connectivity index (χ1n) is 7.39. The first-order chi connectivity index (χ1) is 9.77. The van der Waals surface area contributed by atoms with Crippen LogP contribution in [0.15, 0.2) is 12.2 Å². The first kappa shape index (κ1) is 19.5. The fraction of sp³-hybridized carbons (Fsp3) is 0.857. The van der Waals surface area contributed by atoms with Crippen LogP contribution in [-0.4, -0.2) is 65.8 Å². The van der Waals surface area contributed by atoms with Gasteiger partial charge in [-0.1, -0.05) is 12.2 Å².